The summed E-state index contributed by atoms with van der Waals surface area (Å²) in [6.07, 6.45) is 8.09. The molecule has 0 aliphatic rings. The minimum atomic E-state index is -0.555. The molecule has 0 spiro atoms. The molecule has 23 heavy (non-hydrogen) atoms. The SMILES string of the molecule is Cn1cc(Nc2ncc(C(N)=O)c(NCCCCCBr)n2)cn1. The molecule has 0 radical (unpaired) electrons. The summed E-state index contributed by atoms with van der Waals surface area (Å²) in [5.41, 5.74) is 6.42. The van der Waals surface area contributed by atoms with Gasteiger partial charge < -0.3 is 16.4 Å². The number of aromatic nitrogens is 4. The van der Waals surface area contributed by atoms with Crippen LogP contribution in [0.2, 0.25) is 0 Å². The summed E-state index contributed by atoms with van der Waals surface area (Å²) in [5, 5.41) is 11.3. The maximum Gasteiger partial charge on any atom is 0.254 e. The van der Waals surface area contributed by atoms with Crippen molar-refractivity contribution in [3.63, 3.8) is 0 Å². The number of anilines is 3. The monoisotopic (exact) mass is 381 g/mol. The van der Waals surface area contributed by atoms with E-state index in [1.165, 1.54) is 6.20 Å². The third kappa shape index (κ3) is 5.20. The van der Waals surface area contributed by atoms with Crippen molar-refractivity contribution in [2.24, 2.45) is 12.8 Å². The molecular formula is C14H20BrN7O. The second-order valence-corrected chi connectivity index (χ2v) is 5.82. The summed E-state index contributed by atoms with van der Waals surface area (Å²) < 4.78 is 1.67. The molecule has 0 unspecified atom stereocenters. The largest absolute Gasteiger partial charge is 0.369 e. The lowest BCUT2D eigenvalue weighted by Crippen LogP contribution is -2.17. The van der Waals surface area contributed by atoms with Crippen LogP contribution in [0.15, 0.2) is 18.6 Å². The van der Waals surface area contributed by atoms with Gasteiger partial charge in [-0.25, -0.2) is 4.98 Å². The van der Waals surface area contributed by atoms with Gasteiger partial charge in [-0.3, -0.25) is 9.48 Å². The van der Waals surface area contributed by atoms with Crippen LogP contribution in [0.25, 0.3) is 0 Å². The number of primary amides is 1. The molecule has 0 fully saturated rings. The Morgan fingerprint density at radius 2 is 2.17 bits per heavy atom. The lowest BCUT2D eigenvalue weighted by molar-refractivity contribution is 0.100. The van der Waals surface area contributed by atoms with Crippen LogP contribution in [0.1, 0.15) is 29.6 Å². The van der Waals surface area contributed by atoms with E-state index in [0.717, 1.165) is 36.8 Å². The predicted molar refractivity (Wildman–Crippen MR) is 93.2 cm³/mol. The van der Waals surface area contributed by atoms with Crippen molar-refractivity contribution in [2.45, 2.75) is 19.3 Å². The van der Waals surface area contributed by atoms with Crippen molar-refractivity contribution in [2.75, 3.05) is 22.5 Å². The third-order valence-electron chi connectivity index (χ3n) is 3.12. The number of nitrogens with one attached hydrogen (secondary N) is 2. The van der Waals surface area contributed by atoms with E-state index >= 15 is 0 Å². The molecule has 2 aromatic heterocycles. The summed E-state index contributed by atoms with van der Waals surface area (Å²) >= 11 is 3.40. The Bertz CT molecular complexity index is 658. The van der Waals surface area contributed by atoms with Crippen LogP contribution in [0.3, 0.4) is 0 Å². The highest BCUT2D eigenvalue weighted by molar-refractivity contribution is 9.09. The lowest BCUT2D eigenvalue weighted by atomic mass is 10.2. The zero-order chi connectivity index (χ0) is 16.7. The number of aryl methyl sites for hydroxylation is 1. The Labute approximate surface area is 143 Å². The topological polar surface area (TPSA) is 111 Å². The first-order valence-electron chi connectivity index (χ1n) is 7.32. The second-order valence-electron chi connectivity index (χ2n) is 5.02. The molecule has 8 nitrogen and oxygen atoms in total. The van der Waals surface area contributed by atoms with Gasteiger partial charge in [-0.15, -0.1) is 0 Å². The number of carbonyl (C=O) groups excluding carboxylic acids is 1. The van der Waals surface area contributed by atoms with Crippen LogP contribution in [-0.2, 0) is 7.05 Å². The fourth-order valence-electron chi connectivity index (χ4n) is 1.98. The number of alkyl halides is 1. The summed E-state index contributed by atoms with van der Waals surface area (Å²) in [6, 6.07) is 0. The van der Waals surface area contributed by atoms with E-state index in [-0.39, 0.29) is 5.56 Å². The first-order chi connectivity index (χ1) is 11.1. The molecule has 0 atom stereocenters. The maximum atomic E-state index is 11.5. The molecule has 0 aliphatic heterocycles. The van der Waals surface area contributed by atoms with Crippen molar-refractivity contribution in [3.05, 3.63) is 24.2 Å². The molecule has 124 valence electrons. The summed E-state index contributed by atoms with van der Waals surface area (Å²) in [6.45, 7) is 0.719. The Morgan fingerprint density at radius 1 is 1.35 bits per heavy atom. The number of nitrogens with zero attached hydrogens (tertiary/aromatic N) is 4. The van der Waals surface area contributed by atoms with Gasteiger partial charge in [0.05, 0.1) is 17.4 Å². The third-order valence-corrected chi connectivity index (χ3v) is 3.68. The number of hydrogen-bond acceptors (Lipinski definition) is 6. The minimum Gasteiger partial charge on any atom is -0.369 e. The van der Waals surface area contributed by atoms with E-state index in [4.69, 9.17) is 5.73 Å². The van der Waals surface area contributed by atoms with Crippen LogP contribution < -0.4 is 16.4 Å². The maximum absolute atomic E-state index is 11.5. The van der Waals surface area contributed by atoms with Gasteiger partial charge in [0, 0.05) is 31.3 Å². The number of hydrogen-bond donors (Lipinski definition) is 3. The Kier molecular flexibility index (Phi) is 6.33. The van der Waals surface area contributed by atoms with Crippen molar-refractivity contribution in [1.82, 2.24) is 19.7 Å². The normalized spacial score (nSPS) is 10.5. The van der Waals surface area contributed by atoms with Crippen LogP contribution >= 0.6 is 15.9 Å². The van der Waals surface area contributed by atoms with Crippen LogP contribution in [0.5, 0.6) is 0 Å². The summed E-state index contributed by atoms with van der Waals surface area (Å²) in [5.74, 6) is 0.268. The number of amides is 1. The lowest BCUT2D eigenvalue weighted by Gasteiger charge is -2.10. The Balaban J connectivity index is 2.06. The van der Waals surface area contributed by atoms with E-state index in [9.17, 15) is 4.79 Å². The summed E-state index contributed by atoms with van der Waals surface area (Å²) in [7, 11) is 1.82. The molecule has 2 heterocycles. The van der Waals surface area contributed by atoms with E-state index in [2.05, 4.69) is 41.6 Å². The van der Waals surface area contributed by atoms with Crippen molar-refractivity contribution < 1.29 is 4.79 Å². The van der Waals surface area contributed by atoms with Gasteiger partial charge in [-0.05, 0) is 12.8 Å². The van der Waals surface area contributed by atoms with Gasteiger partial charge in [0.2, 0.25) is 5.95 Å². The van der Waals surface area contributed by atoms with Crippen LogP contribution in [0.4, 0.5) is 17.5 Å². The molecule has 0 bridgehead atoms. The van der Waals surface area contributed by atoms with E-state index in [1.54, 1.807) is 17.1 Å². The first kappa shape index (κ1) is 17.2. The van der Waals surface area contributed by atoms with Gasteiger partial charge in [-0.1, -0.05) is 22.4 Å². The molecule has 0 saturated carbocycles. The first-order valence-corrected chi connectivity index (χ1v) is 8.44. The molecule has 1 amide bonds. The van der Waals surface area contributed by atoms with Crippen molar-refractivity contribution in [3.8, 4) is 0 Å². The van der Waals surface area contributed by atoms with Gasteiger partial charge in [0.15, 0.2) is 0 Å². The quantitative estimate of drug-likeness (QED) is 0.452. The van der Waals surface area contributed by atoms with Gasteiger partial charge in [-0.2, -0.15) is 10.1 Å². The molecule has 2 rings (SSSR count). The number of halogens is 1. The summed E-state index contributed by atoms with van der Waals surface area (Å²) in [4.78, 5) is 19.9. The number of unbranched alkanes of at least 4 members (excludes halogenated alkanes) is 2. The van der Waals surface area contributed by atoms with E-state index < -0.39 is 5.91 Å². The fourth-order valence-corrected chi connectivity index (χ4v) is 2.37. The molecule has 0 saturated heterocycles. The highest BCUT2D eigenvalue weighted by atomic mass is 79.9. The van der Waals surface area contributed by atoms with Gasteiger partial charge in [0.1, 0.15) is 5.82 Å². The molecular weight excluding hydrogens is 362 g/mol. The zero-order valence-electron chi connectivity index (χ0n) is 12.9. The average Bonchev–Trinajstić information content (AvgIpc) is 2.92. The fraction of sp³-hybridized carbons (Fsp3) is 0.429. The molecule has 9 heteroatoms. The predicted octanol–water partition coefficient (Wildman–Crippen LogP) is 2.03. The highest BCUT2D eigenvalue weighted by Gasteiger charge is 2.12. The van der Waals surface area contributed by atoms with Crippen molar-refractivity contribution >= 4 is 39.3 Å². The molecule has 4 N–H and O–H groups in total. The molecule has 2 aromatic rings. The average molecular weight is 382 g/mol. The Morgan fingerprint density at radius 3 is 2.83 bits per heavy atom. The Hall–Kier alpha value is -2.16. The minimum absolute atomic E-state index is 0.280. The van der Waals surface area contributed by atoms with Crippen LogP contribution in [-0.4, -0.2) is 37.5 Å². The standard InChI is InChI=1S/C14H20BrN7O/c1-22-9-10(7-19-22)20-14-18-8-11(12(16)23)13(21-14)17-6-4-2-3-5-15/h7-9H,2-6H2,1H3,(H2,16,23)(H2,17,18,20,21). The second kappa shape index (κ2) is 8.47. The molecule has 0 aliphatic carbocycles. The van der Waals surface area contributed by atoms with E-state index in [0.29, 0.717) is 11.8 Å². The van der Waals surface area contributed by atoms with Crippen LogP contribution in [0, 0.1) is 0 Å². The smallest absolute Gasteiger partial charge is 0.254 e. The number of rotatable bonds is 9. The highest BCUT2D eigenvalue weighted by Crippen LogP contribution is 2.17. The number of nitrogens with two attached hydrogens (primary N) is 1. The zero-order valence-corrected chi connectivity index (χ0v) is 14.5. The van der Waals surface area contributed by atoms with Crippen molar-refractivity contribution in [1.29, 1.82) is 0 Å². The van der Waals surface area contributed by atoms with E-state index in [1.807, 2.05) is 7.05 Å². The molecule has 0 aromatic carbocycles. The van der Waals surface area contributed by atoms with Gasteiger partial charge in [0.25, 0.3) is 5.91 Å². The van der Waals surface area contributed by atoms with Gasteiger partial charge >= 0.3 is 0 Å². The number of carbonyl (C=O) groups is 1.